The molecule has 6 nitrogen and oxygen atoms in total. The second-order valence-corrected chi connectivity index (χ2v) is 3.50. The lowest BCUT2D eigenvalue weighted by Gasteiger charge is -2.10. The number of hydrogen-bond acceptors (Lipinski definition) is 6. The zero-order valence-corrected chi connectivity index (χ0v) is 10.8. The molecule has 17 heavy (non-hydrogen) atoms. The summed E-state index contributed by atoms with van der Waals surface area (Å²) in [6, 6.07) is 0. The van der Waals surface area contributed by atoms with Crippen LogP contribution in [0, 0.1) is 0 Å². The Hall–Kier alpha value is -0.240. The molecule has 0 fully saturated rings. The smallest absolute Gasteiger partial charge is 0.0897 e. The quantitative estimate of drug-likeness (QED) is 0.420. The zero-order valence-electron chi connectivity index (χ0n) is 10.8. The summed E-state index contributed by atoms with van der Waals surface area (Å²) in [5.74, 6) is 0. The zero-order chi connectivity index (χ0) is 12.8. The summed E-state index contributed by atoms with van der Waals surface area (Å²) in [4.78, 5) is 0. The van der Waals surface area contributed by atoms with Crippen molar-refractivity contribution in [2.45, 2.75) is 6.10 Å². The Bertz CT molecular complexity index is 148. The van der Waals surface area contributed by atoms with Crippen LogP contribution >= 0.6 is 0 Å². The topological polar surface area (TPSA) is 69.2 Å². The molecular formula is C11H25NO5. The van der Waals surface area contributed by atoms with Gasteiger partial charge < -0.3 is 29.4 Å². The van der Waals surface area contributed by atoms with Crippen molar-refractivity contribution in [2.75, 3.05) is 67.0 Å². The first-order chi connectivity index (χ1) is 8.31. The summed E-state index contributed by atoms with van der Waals surface area (Å²) < 4.78 is 20.5. The van der Waals surface area contributed by atoms with Gasteiger partial charge in [-0.1, -0.05) is 0 Å². The maximum atomic E-state index is 9.31. The van der Waals surface area contributed by atoms with Crippen molar-refractivity contribution < 1.29 is 24.1 Å². The molecule has 1 unspecified atom stereocenters. The average molecular weight is 251 g/mol. The molecule has 0 rings (SSSR count). The lowest BCUT2D eigenvalue weighted by molar-refractivity contribution is -0.0137. The van der Waals surface area contributed by atoms with Gasteiger partial charge in [0.05, 0.1) is 52.4 Å². The van der Waals surface area contributed by atoms with Gasteiger partial charge in [-0.05, 0) is 7.05 Å². The van der Waals surface area contributed by atoms with Crippen LogP contribution in [0.15, 0.2) is 0 Å². The highest BCUT2D eigenvalue weighted by atomic mass is 16.6. The van der Waals surface area contributed by atoms with Gasteiger partial charge in [-0.15, -0.1) is 0 Å². The minimum absolute atomic E-state index is 0.328. The van der Waals surface area contributed by atoms with E-state index in [2.05, 4.69) is 5.32 Å². The average Bonchev–Trinajstić information content (AvgIpc) is 2.32. The Labute approximate surface area is 103 Å². The molecule has 0 aliphatic heterocycles. The van der Waals surface area contributed by atoms with Crippen LogP contribution in [-0.2, 0) is 18.9 Å². The molecule has 0 saturated heterocycles. The summed E-state index contributed by atoms with van der Waals surface area (Å²) in [7, 11) is 3.43. The van der Waals surface area contributed by atoms with Crippen molar-refractivity contribution >= 4 is 0 Å². The van der Waals surface area contributed by atoms with Gasteiger partial charge in [0.25, 0.3) is 0 Å². The molecule has 0 saturated carbocycles. The van der Waals surface area contributed by atoms with Gasteiger partial charge in [0.15, 0.2) is 0 Å². The van der Waals surface area contributed by atoms with Gasteiger partial charge in [0.1, 0.15) is 0 Å². The molecule has 0 aliphatic carbocycles. The summed E-state index contributed by atoms with van der Waals surface area (Å²) in [6.45, 7) is 4.17. The number of nitrogens with one attached hydrogen (secondary N) is 1. The molecule has 0 bridgehead atoms. The SMILES string of the molecule is CNCC(O)COCCOCCOCCOC. The van der Waals surface area contributed by atoms with Gasteiger partial charge in [0, 0.05) is 13.7 Å². The van der Waals surface area contributed by atoms with Gasteiger partial charge in [-0.25, -0.2) is 0 Å². The van der Waals surface area contributed by atoms with Crippen LogP contribution in [0.5, 0.6) is 0 Å². The summed E-state index contributed by atoms with van der Waals surface area (Å²) in [5.41, 5.74) is 0. The molecule has 6 heteroatoms. The third kappa shape index (κ3) is 13.7. The molecule has 0 radical (unpaired) electrons. The van der Waals surface area contributed by atoms with Gasteiger partial charge in [-0.3, -0.25) is 0 Å². The van der Waals surface area contributed by atoms with E-state index in [1.807, 2.05) is 0 Å². The maximum absolute atomic E-state index is 9.31. The number of rotatable bonds is 13. The molecule has 1 atom stereocenters. The summed E-state index contributed by atoms with van der Waals surface area (Å²) in [6.07, 6.45) is -0.461. The van der Waals surface area contributed by atoms with E-state index >= 15 is 0 Å². The first-order valence-corrected chi connectivity index (χ1v) is 5.86. The highest BCUT2D eigenvalue weighted by molar-refractivity contribution is 4.54. The van der Waals surface area contributed by atoms with E-state index in [-0.39, 0.29) is 0 Å². The fourth-order valence-corrected chi connectivity index (χ4v) is 1.10. The number of aliphatic hydroxyl groups excluding tert-OH is 1. The minimum atomic E-state index is -0.461. The molecule has 0 aromatic rings. The van der Waals surface area contributed by atoms with Gasteiger partial charge >= 0.3 is 0 Å². The lowest BCUT2D eigenvalue weighted by Crippen LogP contribution is -2.28. The van der Waals surface area contributed by atoms with E-state index in [4.69, 9.17) is 18.9 Å². The molecule has 0 heterocycles. The summed E-state index contributed by atoms with van der Waals surface area (Å²) in [5, 5.41) is 12.2. The lowest BCUT2D eigenvalue weighted by atomic mass is 10.4. The predicted molar refractivity (Wildman–Crippen MR) is 64.3 cm³/mol. The molecular weight excluding hydrogens is 226 g/mol. The molecule has 0 spiro atoms. The van der Waals surface area contributed by atoms with Crippen LogP contribution < -0.4 is 5.32 Å². The van der Waals surface area contributed by atoms with Gasteiger partial charge in [-0.2, -0.15) is 0 Å². The van der Waals surface area contributed by atoms with Crippen LogP contribution in [0.2, 0.25) is 0 Å². The first-order valence-electron chi connectivity index (χ1n) is 5.86. The van der Waals surface area contributed by atoms with Crippen molar-refractivity contribution in [3.8, 4) is 0 Å². The fourth-order valence-electron chi connectivity index (χ4n) is 1.10. The molecule has 0 aliphatic rings. The van der Waals surface area contributed by atoms with E-state index in [9.17, 15) is 5.11 Å². The molecule has 0 amide bonds. The van der Waals surface area contributed by atoms with Crippen LogP contribution in [0.1, 0.15) is 0 Å². The van der Waals surface area contributed by atoms with Crippen LogP contribution in [0.3, 0.4) is 0 Å². The maximum Gasteiger partial charge on any atom is 0.0897 e. The number of hydrogen-bond donors (Lipinski definition) is 2. The van der Waals surface area contributed by atoms with Crippen molar-refractivity contribution in [3.05, 3.63) is 0 Å². The molecule has 0 aromatic heterocycles. The Balaban J connectivity index is 2.98. The van der Waals surface area contributed by atoms with E-state index in [1.54, 1.807) is 14.2 Å². The fraction of sp³-hybridized carbons (Fsp3) is 1.00. The molecule has 2 N–H and O–H groups in total. The second-order valence-electron chi connectivity index (χ2n) is 3.50. The highest BCUT2D eigenvalue weighted by Gasteiger charge is 2.01. The number of methoxy groups -OCH3 is 1. The number of likely N-dealkylation sites (N-methyl/N-ethyl adjacent to an activating group) is 1. The van der Waals surface area contributed by atoms with Crippen LogP contribution in [0.4, 0.5) is 0 Å². The van der Waals surface area contributed by atoms with Crippen molar-refractivity contribution in [1.82, 2.24) is 5.32 Å². The van der Waals surface area contributed by atoms with E-state index in [1.165, 1.54) is 0 Å². The Kier molecular flexibility index (Phi) is 13.6. The third-order valence-corrected chi connectivity index (χ3v) is 1.93. The van der Waals surface area contributed by atoms with Crippen LogP contribution in [-0.4, -0.2) is 78.2 Å². The van der Waals surface area contributed by atoms with E-state index in [0.717, 1.165) is 0 Å². The Morgan fingerprint density at radius 3 is 2.00 bits per heavy atom. The largest absolute Gasteiger partial charge is 0.389 e. The first kappa shape index (κ1) is 16.8. The predicted octanol–water partition coefficient (Wildman–Crippen LogP) is -0.737. The van der Waals surface area contributed by atoms with E-state index < -0.39 is 6.10 Å². The summed E-state index contributed by atoms with van der Waals surface area (Å²) >= 11 is 0. The third-order valence-electron chi connectivity index (χ3n) is 1.93. The van der Waals surface area contributed by atoms with E-state index in [0.29, 0.717) is 52.8 Å². The van der Waals surface area contributed by atoms with Crippen molar-refractivity contribution in [3.63, 3.8) is 0 Å². The van der Waals surface area contributed by atoms with Gasteiger partial charge in [0.2, 0.25) is 0 Å². The highest BCUT2D eigenvalue weighted by Crippen LogP contribution is 1.85. The van der Waals surface area contributed by atoms with Crippen molar-refractivity contribution in [2.24, 2.45) is 0 Å². The normalized spacial score (nSPS) is 12.9. The standard InChI is InChI=1S/C11H25NO5/c1-12-9-11(13)10-17-8-7-16-6-5-15-4-3-14-2/h11-13H,3-10H2,1-2H3. The monoisotopic (exact) mass is 251 g/mol. The van der Waals surface area contributed by atoms with Crippen molar-refractivity contribution in [1.29, 1.82) is 0 Å². The second kappa shape index (κ2) is 13.8. The Morgan fingerprint density at radius 2 is 1.47 bits per heavy atom. The Morgan fingerprint density at radius 1 is 0.941 bits per heavy atom. The van der Waals surface area contributed by atoms with Crippen LogP contribution in [0.25, 0.3) is 0 Å². The molecule has 0 aromatic carbocycles. The number of aliphatic hydroxyl groups is 1. The minimum Gasteiger partial charge on any atom is -0.389 e. The number of ether oxygens (including phenoxy) is 4. The molecule has 104 valence electrons.